The lowest BCUT2D eigenvalue weighted by molar-refractivity contribution is 0.102. The maximum Gasteiger partial charge on any atom is 0.274 e. The van der Waals surface area contributed by atoms with Crippen LogP contribution >= 0.6 is 11.3 Å². The predicted molar refractivity (Wildman–Crippen MR) is 98.5 cm³/mol. The first kappa shape index (κ1) is 17.1. The van der Waals surface area contributed by atoms with Gasteiger partial charge in [-0.2, -0.15) is 0 Å². The van der Waals surface area contributed by atoms with Crippen molar-refractivity contribution in [2.45, 2.75) is 11.1 Å². The smallest absolute Gasteiger partial charge is 0.274 e. The van der Waals surface area contributed by atoms with Crippen LogP contribution in [-0.2, 0) is 10.0 Å². The van der Waals surface area contributed by atoms with Gasteiger partial charge in [0, 0.05) is 5.69 Å². The number of nitrogens with one attached hydrogen (secondary N) is 2. The van der Waals surface area contributed by atoms with E-state index < -0.39 is 15.9 Å². The van der Waals surface area contributed by atoms with Crippen LogP contribution in [0.25, 0.3) is 0 Å². The van der Waals surface area contributed by atoms with E-state index in [-0.39, 0.29) is 15.6 Å². The zero-order chi connectivity index (χ0) is 17.9. The Morgan fingerprint density at radius 3 is 2.44 bits per heavy atom. The fourth-order valence-corrected chi connectivity index (χ4v) is 4.22. The molecule has 0 aliphatic heterocycles. The summed E-state index contributed by atoms with van der Waals surface area (Å²) in [6.45, 7) is 1.79. The van der Waals surface area contributed by atoms with Gasteiger partial charge < -0.3 is 5.32 Å². The number of benzene rings is 1. The summed E-state index contributed by atoms with van der Waals surface area (Å²) in [7, 11) is -3.70. The highest BCUT2D eigenvalue weighted by molar-refractivity contribution is 7.94. The molecule has 3 aromatic rings. The minimum Gasteiger partial charge on any atom is -0.319 e. The number of carbonyl (C=O) groups is 1. The third-order valence-corrected chi connectivity index (χ3v) is 6.06. The van der Waals surface area contributed by atoms with Gasteiger partial charge in [-0.15, -0.1) is 11.3 Å². The van der Waals surface area contributed by atoms with Crippen LogP contribution in [0.5, 0.6) is 0 Å². The van der Waals surface area contributed by atoms with E-state index in [0.717, 1.165) is 17.0 Å². The van der Waals surface area contributed by atoms with E-state index in [4.69, 9.17) is 0 Å². The van der Waals surface area contributed by atoms with Crippen LogP contribution in [0.4, 0.5) is 11.4 Å². The number of sulfonamides is 1. The lowest BCUT2D eigenvalue weighted by atomic mass is 10.2. The van der Waals surface area contributed by atoms with Crippen molar-refractivity contribution >= 4 is 38.6 Å². The minimum absolute atomic E-state index is 0.203. The number of aromatic nitrogens is 1. The Morgan fingerprint density at radius 2 is 1.76 bits per heavy atom. The fourth-order valence-electron chi connectivity index (χ4n) is 2.15. The Hall–Kier alpha value is -2.71. The summed E-state index contributed by atoms with van der Waals surface area (Å²) in [6, 6.07) is 14.9. The summed E-state index contributed by atoms with van der Waals surface area (Å²) in [6.07, 6.45) is 0. The molecule has 128 valence electrons. The van der Waals surface area contributed by atoms with Gasteiger partial charge in [0.1, 0.15) is 9.90 Å². The summed E-state index contributed by atoms with van der Waals surface area (Å²) < 4.78 is 27.5. The zero-order valence-electron chi connectivity index (χ0n) is 13.3. The molecular weight excluding hydrogens is 358 g/mol. The van der Waals surface area contributed by atoms with Crippen molar-refractivity contribution in [1.82, 2.24) is 4.98 Å². The summed E-state index contributed by atoms with van der Waals surface area (Å²) in [4.78, 5) is 16.5. The SMILES string of the molecule is Cc1cccc(C(=O)Nc2ccccc2NS(=O)(=O)c2cccs2)n1. The molecule has 0 saturated heterocycles. The Kier molecular flexibility index (Phi) is 4.82. The third-order valence-electron chi connectivity index (χ3n) is 3.30. The Balaban J connectivity index is 1.85. The van der Waals surface area contributed by atoms with Crippen molar-refractivity contribution in [2.75, 3.05) is 10.0 Å². The van der Waals surface area contributed by atoms with E-state index >= 15 is 0 Å². The molecule has 2 heterocycles. The molecule has 3 rings (SSSR count). The first-order chi connectivity index (χ1) is 12.0. The van der Waals surface area contributed by atoms with Gasteiger partial charge in [0.2, 0.25) is 0 Å². The largest absolute Gasteiger partial charge is 0.319 e. The molecule has 0 bridgehead atoms. The number of carbonyl (C=O) groups excluding carboxylic acids is 1. The van der Waals surface area contributed by atoms with Crippen LogP contribution in [0.2, 0.25) is 0 Å². The predicted octanol–water partition coefficient (Wildman–Crippen LogP) is 3.50. The number of thiophene rings is 1. The van der Waals surface area contributed by atoms with Crippen LogP contribution in [0, 0.1) is 6.92 Å². The van der Waals surface area contributed by atoms with Crippen molar-refractivity contribution in [1.29, 1.82) is 0 Å². The van der Waals surface area contributed by atoms with Crippen LogP contribution in [0.3, 0.4) is 0 Å². The molecule has 0 atom stereocenters. The Morgan fingerprint density at radius 1 is 1.00 bits per heavy atom. The van der Waals surface area contributed by atoms with Crippen LogP contribution in [0.15, 0.2) is 64.2 Å². The normalized spacial score (nSPS) is 11.1. The highest BCUT2D eigenvalue weighted by atomic mass is 32.2. The third kappa shape index (κ3) is 4.04. The highest BCUT2D eigenvalue weighted by Crippen LogP contribution is 2.26. The number of hydrogen-bond donors (Lipinski definition) is 2. The van der Waals surface area contributed by atoms with Crippen LogP contribution in [0.1, 0.15) is 16.2 Å². The summed E-state index contributed by atoms with van der Waals surface area (Å²) in [5.41, 5.74) is 1.63. The van der Waals surface area contributed by atoms with Crippen LogP contribution < -0.4 is 10.0 Å². The second kappa shape index (κ2) is 7.04. The molecule has 6 nitrogen and oxygen atoms in total. The molecular formula is C17H15N3O3S2. The minimum atomic E-state index is -3.70. The summed E-state index contributed by atoms with van der Waals surface area (Å²) in [5, 5.41) is 4.38. The topological polar surface area (TPSA) is 88.2 Å². The maximum atomic E-state index is 12.4. The lowest BCUT2D eigenvalue weighted by Gasteiger charge is -2.12. The second-order valence-electron chi connectivity index (χ2n) is 5.20. The number of nitrogens with zero attached hydrogens (tertiary/aromatic N) is 1. The standard InChI is InChI=1S/C17H15N3O3S2/c1-12-6-4-9-15(18-12)17(21)19-13-7-2-3-8-14(13)20-25(22,23)16-10-5-11-24-16/h2-11,20H,1H3,(H,19,21). The molecule has 8 heteroatoms. The van der Waals surface area contributed by atoms with Gasteiger partial charge >= 0.3 is 0 Å². The van der Waals surface area contributed by atoms with E-state index in [1.54, 1.807) is 60.8 Å². The maximum absolute atomic E-state index is 12.4. The molecule has 1 aromatic carbocycles. The Bertz CT molecular complexity index is 999. The van der Waals surface area contributed by atoms with E-state index in [9.17, 15) is 13.2 Å². The number of pyridine rings is 1. The van der Waals surface area contributed by atoms with Crippen molar-refractivity contribution in [2.24, 2.45) is 0 Å². The number of aryl methyl sites for hydroxylation is 1. The molecule has 0 saturated carbocycles. The van der Waals surface area contributed by atoms with Gasteiger partial charge in [-0.3, -0.25) is 9.52 Å². The number of anilines is 2. The van der Waals surface area contributed by atoms with Gasteiger partial charge in [-0.1, -0.05) is 24.3 Å². The Labute approximate surface area is 149 Å². The first-order valence-corrected chi connectivity index (χ1v) is 9.72. The average molecular weight is 373 g/mol. The van der Waals surface area contributed by atoms with Crippen molar-refractivity contribution < 1.29 is 13.2 Å². The van der Waals surface area contributed by atoms with E-state index in [2.05, 4.69) is 15.0 Å². The molecule has 0 spiro atoms. The van der Waals surface area contributed by atoms with E-state index in [0.29, 0.717) is 5.69 Å². The highest BCUT2D eigenvalue weighted by Gasteiger charge is 2.18. The second-order valence-corrected chi connectivity index (χ2v) is 8.06. The quantitative estimate of drug-likeness (QED) is 0.716. The van der Waals surface area contributed by atoms with Crippen molar-refractivity contribution in [3.63, 3.8) is 0 Å². The molecule has 2 N–H and O–H groups in total. The molecule has 0 radical (unpaired) electrons. The van der Waals surface area contributed by atoms with E-state index in [1.807, 2.05) is 0 Å². The van der Waals surface area contributed by atoms with Gasteiger partial charge in [-0.25, -0.2) is 13.4 Å². The molecule has 1 amide bonds. The number of rotatable bonds is 5. The zero-order valence-corrected chi connectivity index (χ0v) is 14.9. The summed E-state index contributed by atoms with van der Waals surface area (Å²) >= 11 is 1.12. The average Bonchev–Trinajstić information content (AvgIpc) is 3.12. The van der Waals surface area contributed by atoms with Gasteiger partial charge in [0.05, 0.1) is 11.4 Å². The number of para-hydroxylation sites is 2. The first-order valence-electron chi connectivity index (χ1n) is 7.36. The molecule has 0 aliphatic carbocycles. The van der Waals surface area contributed by atoms with Crippen molar-refractivity contribution in [3.8, 4) is 0 Å². The van der Waals surface area contributed by atoms with Crippen molar-refractivity contribution in [3.05, 3.63) is 71.4 Å². The summed E-state index contributed by atoms with van der Waals surface area (Å²) in [5.74, 6) is -0.411. The van der Waals surface area contributed by atoms with E-state index in [1.165, 1.54) is 6.07 Å². The van der Waals surface area contributed by atoms with Gasteiger partial charge in [0.15, 0.2) is 0 Å². The van der Waals surface area contributed by atoms with Gasteiger partial charge in [0.25, 0.3) is 15.9 Å². The molecule has 0 fully saturated rings. The van der Waals surface area contributed by atoms with Crippen LogP contribution in [-0.4, -0.2) is 19.3 Å². The molecule has 2 aromatic heterocycles. The lowest BCUT2D eigenvalue weighted by Crippen LogP contribution is -2.17. The molecule has 0 aliphatic rings. The van der Waals surface area contributed by atoms with Gasteiger partial charge in [-0.05, 0) is 42.6 Å². The molecule has 25 heavy (non-hydrogen) atoms. The number of hydrogen-bond acceptors (Lipinski definition) is 5. The molecule has 0 unspecified atom stereocenters. The fraction of sp³-hybridized carbons (Fsp3) is 0.0588. The monoisotopic (exact) mass is 373 g/mol. The number of amides is 1.